The van der Waals surface area contributed by atoms with E-state index in [1.165, 1.54) is 34.0 Å². The van der Waals surface area contributed by atoms with E-state index in [9.17, 15) is 0 Å². The first-order valence-corrected chi connectivity index (χ1v) is 16.7. The second-order valence-electron chi connectivity index (χ2n) is 11.7. The molecule has 5 heteroatoms. The highest BCUT2D eigenvalue weighted by Crippen LogP contribution is 2.35. The van der Waals surface area contributed by atoms with Crippen LogP contribution in [0.25, 0.3) is 34.2 Å². The Morgan fingerprint density at radius 1 is 0.766 bits per heavy atom. The van der Waals surface area contributed by atoms with Crippen molar-refractivity contribution in [3.63, 3.8) is 0 Å². The fourth-order valence-electron chi connectivity index (χ4n) is 5.72. The lowest BCUT2D eigenvalue weighted by Crippen LogP contribution is -3.00. The lowest BCUT2D eigenvalue weighted by atomic mass is 9.97. The first-order valence-electron chi connectivity index (χ1n) is 16.7. The van der Waals surface area contributed by atoms with E-state index in [0.29, 0.717) is 13.2 Å². The molecule has 47 heavy (non-hydrogen) atoms. The number of pyridine rings is 1. The summed E-state index contributed by atoms with van der Waals surface area (Å²) in [6, 6.07) is 25.7. The molecule has 0 fully saturated rings. The number of H-pyrrole nitrogens is 1. The number of para-hydroxylation sites is 1. The van der Waals surface area contributed by atoms with Crippen LogP contribution in [0.1, 0.15) is 61.3 Å². The average molecular weight is 692 g/mol. The molecule has 5 rings (SSSR count). The summed E-state index contributed by atoms with van der Waals surface area (Å²) in [7, 11) is 0. The van der Waals surface area contributed by atoms with Crippen molar-refractivity contribution in [3.05, 3.63) is 139 Å². The van der Waals surface area contributed by atoms with E-state index in [-0.39, 0.29) is 17.0 Å². The van der Waals surface area contributed by atoms with Crippen LogP contribution in [0.2, 0.25) is 0 Å². The van der Waals surface area contributed by atoms with Crippen molar-refractivity contribution in [2.24, 2.45) is 0 Å². The molecule has 3 aromatic carbocycles. The van der Waals surface area contributed by atoms with Gasteiger partial charge >= 0.3 is 0 Å². The van der Waals surface area contributed by atoms with E-state index in [2.05, 4.69) is 133 Å². The van der Waals surface area contributed by atoms with Gasteiger partial charge < -0.3 is 31.4 Å². The molecule has 0 aliphatic heterocycles. The molecule has 0 atom stereocenters. The number of hydrogen-bond acceptors (Lipinski definition) is 2. The van der Waals surface area contributed by atoms with Crippen LogP contribution in [0.15, 0.2) is 117 Å². The van der Waals surface area contributed by atoms with Gasteiger partial charge in [-0.1, -0.05) is 61.6 Å². The number of halogens is 1. The number of nitrogens with zero attached hydrogens (tertiary/aromatic N) is 1. The third-order valence-electron chi connectivity index (χ3n) is 8.18. The Balaban J connectivity index is 0.00000500. The summed E-state index contributed by atoms with van der Waals surface area (Å²) in [4.78, 5) is 3.34. The van der Waals surface area contributed by atoms with Gasteiger partial charge in [0.15, 0.2) is 12.4 Å². The third kappa shape index (κ3) is 10.1. The smallest absolute Gasteiger partial charge is 0.169 e. The van der Waals surface area contributed by atoms with Gasteiger partial charge in [0.1, 0.15) is 18.0 Å². The van der Waals surface area contributed by atoms with Gasteiger partial charge in [0.05, 0.1) is 13.2 Å². The van der Waals surface area contributed by atoms with Crippen LogP contribution < -0.4 is 31.0 Å². The maximum Gasteiger partial charge on any atom is 0.169 e. The summed E-state index contributed by atoms with van der Waals surface area (Å²) in [6.45, 7) is 12.4. The fraction of sp³-hybridized carbons (Fsp3) is 0.262. The van der Waals surface area contributed by atoms with Crippen LogP contribution in [0.5, 0.6) is 11.5 Å². The average Bonchev–Trinajstić information content (AvgIpc) is 3.50. The van der Waals surface area contributed by atoms with Gasteiger partial charge in [-0.3, -0.25) is 0 Å². The molecule has 2 aromatic heterocycles. The molecule has 4 nitrogen and oxygen atoms in total. The first-order chi connectivity index (χ1) is 22.7. The van der Waals surface area contributed by atoms with Gasteiger partial charge in [-0.25, -0.2) is 4.57 Å². The maximum atomic E-state index is 6.38. The Bertz CT molecular complexity index is 1750. The SMILES string of the molecule is C=CCc1ccc(OCCCCCC[n+]2ccc(/C=C/c3c[nH]c4ccccc34)cc2)c(-c2ccc(OCCC)c(CC=C)c2)c1.[Br-]. The molecule has 0 amide bonds. The van der Waals surface area contributed by atoms with Crippen molar-refractivity contribution >= 4 is 23.1 Å². The summed E-state index contributed by atoms with van der Waals surface area (Å²) >= 11 is 0. The molecule has 2 heterocycles. The summed E-state index contributed by atoms with van der Waals surface area (Å²) in [5.41, 5.74) is 8.20. The summed E-state index contributed by atoms with van der Waals surface area (Å²) < 4.78 is 14.7. The zero-order valence-corrected chi connectivity index (χ0v) is 29.2. The van der Waals surface area contributed by atoms with E-state index >= 15 is 0 Å². The van der Waals surface area contributed by atoms with Crippen molar-refractivity contribution in [1.29, 1.82) is 0 Å². The topological polar surface area (TPSA) is 38.1 Å². The van der Waals surface area contributed by atoms with Gasteiger partial charge in [-0.2, -0.15) is 0 Å². The van der Waals surface area contributed by atoms with Gasteiger partial charge in [0.2, 0.25) is 0 Å². The number of rotatable bonds is 18. The Morgan fingerprint density at radius 2 is 1.53 bits per heavy atom. The predicted molar refractivity (Wildman–Crippen MR) is 193 cm³/mol. The monoisotopic (exact) mass is 690 g/mol. The van der Waals surface area contributed by atoms with Crippen LogP contribution in [-0.4, -0.2) is 18.2 Å². The molecular weight excluding hydrogens is 644 g/mol. The number of nitrogens with one attached hydrogen (secondary N) is 1. The Hall–Kier alpha value is -4.35. The normalized spacial score (nSPS) is 11.0. The number of fused-ring (bicyclic) bond motifs is 1. The van der Waals surface area contributed by atoms with Crippen LogP contribution in [-0.2, 0) is 19.4 Å². The molecule has 0 radical (unpaired) electrons. The molecule has 5 aromatic rings. The second-order valence-corrected chi connectivity index (χ2v) is 11.7. The molecule has 0 spiro atoms. The molecule has 0 saturated heterocycles. The first kappa shape index (κ1) is 35.5. The van der Waals surface area contributed by atoms with Crippen molar-refractivity contribution in [2.75, 3.05) is 13.2 Å². The Labute approximate surface area is 291 Å². The molecule has 0 aliphatic rings. The third-order valence-corrected chi connectivity index (χ3v) is 8.18. The van der Waals surface area contributed by atoms with Gasteiger partial charge in [-0.05, 0) is 96.7 Å². The zero-order chi connectivity index (χ0) is 32.0. The van der Waals surface area contributed by atoms with Crippen LogP contribution >= 0.6 is 0 Å². The van der Waals surface area contributed by atoms with Crippen LogP contribution in [0.4, 0.5) is 0 Å². The van der Waals surface area contributed by atoms with Gasteiger partial charge in [0, 0.05) is 41.2 Å². The number of benzene rings is 3. The van der Waals surface area contributed by atoms with E-state index in [1.54, 1.807) is 0 Å². The highest BCUT2D eigenvalue weighted by Gasteiger charge is 2.12. The number of aromatic amines is 1. The lowest BCUT2D eigenvalue weighted by molar-refractivity contribution is -0.697. The van der Waals surface area contributed by atoms with Crippen LogP contribution in [0, 0.1) is 0 Å². The van der Waals surface area contributed by atoms with Crippen molar-refractivity contribution in [1.82, 2.24) is 4.98 Å². The molecule has 0 bridgehead atoms. The quantitative estimate of drug-likeness (QED) is 0.0601. The molecule has 1 N–H and O–H groups in total. The maximum absolute atomic E-state index is 6.38. The van der Waals surface area contributed by atoms with Gasteiger partial charge in [-0.15, -0.1) is 13.2 Å². The van der Waals surface area contributed by atoms with E-state index in [4.69, 9.17) is 9.47 Å². The summed E-state index contributed by atoms with van der Waals surface area (Å²) in [5, 5.41) is 1.25. The molecule has 0 unspecified atom stereocenters. The van der Waals surface area contributed by atoms with Crippen molar-refractivity contribution < 1.29 is 31.0 Å². The zero-order valence-electron chi connectivity index (χ0n) is 27.6. The highest BCUT2D eigenvalue weighted by molar-refractivity contribution is 5.91. The fourth-order valence-corrected chi connectivity index (χ4v) is 5.72. The van der Waals surface area contributed by atoms with Gasteiger partial charge in [0.25, 0.3) is 0 Å². The minimum absolute atomic E-state index is 0. The standard InChI is InChI=1S/C42H46N2O2.BrH/c1-4-13-34-18-21-42(39(30-34)35-20-22-41(45-28-6-3)36(31-35)14-5-2)46-29-12-8-7-11-25-44-26-23-33(24-27-44)17-19-37-32-43-40-16-10-9-15-38(37)40;/h4-5,9-10,15-24,26-27,30-32H,1-2,6-8,11-14,25,28-29H2,3H3;1H. The van der Waals surface area contributed by atoms with Crippen molar-refractivity contribution in [2.45, 2.75) is 58.4 Å². The molecule has 0 aliphatic carbocycles. The van der Waals surface area contributed by atoms with E-state index in [1.807, 2.05) is 12.2 Å². The molecular formula is C42H47BrN2O2. The van der Waals surface area contributed by atoms with E-state index in [0.717, 1.165) is 73.3 Å². The van der Waals surface area contributed by atoms with Crippen LogP contribution in [0.3, 0.4) is 0 Å². The minimum Gasteiger partial charge on any atom is -1.00 e. The molecule has 0 saturated carbocycles. The summed E-state index contributed by atoms with van der Waals surface area (Å²) in [5.74, 6) is 1.86. The number of ether oxygens (including phenoxy) is 2. The summed E-state index contributed by atoms with van der Waals surface area (Å²) in [6.07, 6.45) is 21.7. The number of unbranched alkanes of at least 4 members (excludes halogenated alkanes) is 3. The van der Waals surface area contributed by atoms with Crippen molar-refractivity contribution in [3.8, 4) is 22.6 Å². The number of aromatic nitrogens is 2. The largest absolute Gasteiger partial charge is 1.00 e. The predicted octanol–water partition coefficient (Wildman–Crippen LogP) is 7.18. The molecule has 244 valence electrons. The Morgan fingerprint density at radius 3 is 2.34 bits per heavy atom. The minimum atomic E-state index is 0. The number of allylic oxidation sites excluding steroid dienone is 2. The van der Waals surface area contributed by atoms with E-state index < -0.39 is 0 Å². The number of hydrogen-bond donors (Lipinski definition) is 1. The second kappa shape index (κ2) is 18.7. The highest BCUT2D eigenvalue weighted by atomic mass is 79.9. The lowest BCUT2D eigenvalue weighted by Gasteiger charge is -2.16. The number of aryl methyl sites for hydroxylation is 1. The Kier molecular flexibility index (Phi) is 14.1.